The number of allylic oxidation sites excluding steroid dienone is 2. The summed E-state index contributed by atoms with van der Waals surface area (Å²) in [4.78, 5) is 35.9. The Kier molecular flexibility index (Phi) is 11.5. The Morgan fingerprint density at radius 1 is 1.05 bits per heavy atom. The summed E-state index contributed by atoms with van der Waals surface area (Å²) in [5.74, 6) is -0.496. The second-order valence-corrected chi connectivity index (χ2v) is 13.1. The van der Waals surface area contributed by atoms with E-state index in [9.17, 15) is 22.8 Å². The minimum Gasteiger partial charge on any atom is -0.497 e. The van der Waals surface area contributed by atoms with Crippen LogP contribution in [0, 0.1) is 5.41 Å². The minimum atomic E-state index is -3.96. The summed E-state index contributed by atoms with van der Waals surface area (Å²) in [6, 6.07) is 6.34. The van der Waals surface area contributed by atoms with Gasteiger partial charge in [0.25, 0.3) is 0 Å². The fraction of sp³-hybridized carbons (Fsp3) is 0.516. The summed E-state index contributed by atoms with van der Waals surface area (Å²) in [5.41, 5.74) is 2.13. The van der Waals surface area contributed by atoms with Crippen molar-refractivity contribution in [1.29, 1.82) is 0 Å². The molecule has 2 unspecified atom stereocenters. The van der Waals surface area contributed by atoms with Crippen molar-refractivity contribution in [3.05, 3.63) is 58.7 Å². The lowest BCUT2D eigenvalue weighted by atomic mass is 9.70. The summed E-state index contributed by atoms with van der Waals surface area (Å²) >= 11 is 0. The Bertz CT molecular complexity index is 1310. The van der Waals surface area contributed by atoms with E-state index < -0.39 is 38.5 Å². The highest BCUT2D eigenvalue weighted by Crippen LogP contribution is 2.45. The zero-order chi connectivity index (χ0) is 30.3. The molecule has 1 aromatic rings. The lowest BCUT2D eigenvalue weighted by Gasteiger charge is -2.38. The van der Waals surface area contributed by atoms with Crippen LogP contribution in [-0.2, 0) is 33.7 Å². The normalized spacial score (nSPS) is 17.8. The third-order valence-corrected chi connectivity index (χ3v) is 9.19. The lowest BCUT2D eigenvalue weighted by Crippen LogP contribution is -2.37. The van der Waals surface area contributed by atoms with Crippen LogP contribution >= 0.6 is 0 Å². The maximum Gasteiger partial charge on any atom is 0.303 e. The van der Waals surface area contributed by atoms with Crippen LogP contribution in [-0.4, -0.2) is 51.2 Å². The number of benzene rings is 1. The molecule has 1 aliphatic rings. The molecule has 0 amide bonds. The molecule has 0 spiro atoms. The molecule has 40 heavy (non-hydrogen) atoms. The zero-order valence-electron chi connectivity index (χ0n) is 24.8. The highest BCUT2D eigenvalue weighted by Gasteiger charge is 2.42. The van der Waals surface area contributed by atoms with Gasteiger partial charge in [0, 0.05) is 26.7 Å². The Labute approximate surface area is 238 Å². The Hall–Kier alpha value is -3.20. The Balaban J connectivity index is 2.57. The van der Waals surface area contributed by atoms with Crippen LogP contribution in [0.15, 0.2) is 63.6 Å². The Morgan fingerprint density at radius 2 is 1.73 bits per heavy atom. The van der Waals surface area contributed by atoms with Crippen LogP contribution in [0.4, 0.5) is 0 Å². The summed E-state index contributed by atoms with van der Waals surface area (Å²) in [7, 11) is -2.48. The maximum atomic E-state index is 14.2. The highest BCUT2D eigenvalue weighted by molar-refractivity contribution is 7.92. The monoisotopic (exact) mass is 574 g/mol. The van der Waals surface area contributed by atoms with Gasteiger partial charge in [-0.15, -0.1) is 0 Å². The van der Waals surface area contributed by atoms with E-state index in [0.717, 1.165) is 5.57 Å². The largest absolute Gasteiger partial charge is 0.497 e. The SMILES string of the molecule is COc1cccc(S(=O)(=O)C(C/C(C)=C/C(C/C(C)=C/COC(C)=O)OC(C)=O)C2=C(C)C(=O)CCC2(C)C)c1. The highest BCUT2D eigenvalue weighted by atomic mass is 32.2. The van der Waals surface area contributed by atoms with Gasteiger partial charge >= 0.3 is 11.9 Å². The van der Waals surface area contributed by atoms with Crippen molar-refractivity contribution < 1.29 is 37.0 Å². The number of esters is 2. The molecule has 0 fully saturated rings. The topological polar surface area (TPSA) is 113 Å². The molecule has 220 valence electrons. The first-order chi connectivity index (χ1) is 18.6. The third-order valence-electron chi connectivity index (χ3n) is 7.13. The number of ketones is 1. The summed E-state index contributed by atoms with van der Waals surface area (Å²) in [6.07, 6.45) is 4.22. The molecule has 0 saturated heterocycles. The standard InChI is InChI=1S/C31H42O8S/c1-20(13-15-38-23(4)32)16-26(39-24(5)33)17-21(2)18-29(30-22(3)28(34)12-14-31(30,6)7)40(35,36)27-11-9-10-25(19-27)37-8/h9-11,13,17,19,26,29H,12,14-16,18H2,1-8H3/b20-13+,21-17+. The Morgan fingerprint density at radius 3 is 2.33 bits per heavy atom. The second kappa shape index (κ2) is 13.9. The van der Waals surface area contributed by atoms with Gasteiger partial charge in [-0.3, -0.25) is 14.4 Å². The van der Waals surface area contributed by atoms with E-state index in [2.05, 4.69) is 0 Å². The van der Waals surface area contributed by atoms with Crippen molar-refractivity contribution in [2.45, 2.75) is 90.4 Å². The fourth-order valence-electron chi connectivity index (χ4n) is 5.12. The van der Waals surface area contributed by atoms with E-state index in [-0.39, 0.29) is 23.7 Å². The summed E-state index contributed by atoms with van der Waals surface area (Å²) in [5, 5.41) is -1.01. The average Bonchev–Trinajstić information content (AvgIpc) is 2.85. The van der Waals surface area contributed by atoms with E-state index in [0.29, 0.717) is 41.7 Å². The van der Waals surface area contributed by atoms with E-state index in [1.54, 1.807) is 38.1 Å². The average molecular weight is 575 g/mol. The molecule has 0 bridgehead atoms. The van der Waals surface area contributed by atoms with Crippen molar-refractivity contribution in [3.63, 3.8) is 0 Å². The van der Waals surface area contributed by atoms with Crippen LogP contribution < -0.4 is 4.74 Å². The molecule has 9 heteroatoms. The van der Waals surface area contributed by atoms with Gasteiger partial charge in [-0.25, -0.2) is 8.42 Å². The molecule has 2 rings (SSSR count). The van der Waals surface area contributed by atoms with Gasteiger partial charge in [0.05, 0.1) is 17.3 Å². The molecule has 0 radical (unpaired) electrons. The molecular weight excluding hydrogens is 532 g/mol. The van der Waals surface area contributed by atoms with Gasteiger partial charge in [-0.2, -0.15) is 0 Å². The van der Waals surface area contributed by atoms with Crippen molar-refractivity contribution in [2.75, 3.05) is 13.7 Å². The fourth-order valence-corrected chi connectivity index (χ4v) is 7.29. The number of ether oxygens (including phenoxy) is 3. The van der Waals surface area contributed by atoms with Crippen molar-refractivity contribution in [1.82, 2.24) is 0 Å². The van der Waals surface area contributed by atoms with Crippen LogP contribution in [0.1, 0.15) is 74.1 Å². The van der Waals surface area contributed by atoms with Gasteiger partial charge < -0.3 is 14.2 Å². The molecule has 0 aliphatic heterocycles. The molecule has 0 heterocycles. The van der Waals surface area contributed by atoms with E-state index in [4.69, 9.17) is 14.2 Å². The van der Waals surface area contributed by atoms with E-state index in [1.165, 1.54) is 33.1 Å². The number of carbonyl (C=O) groups is 3. The third kappa shape index (κ3) is 8.91. The van der Waals surface area contributed by atoms with Crippen LogP contribution in [0.25, 0.3) is 0 Å². The predicted molar refractivity (Wildman–Crippen MR) is 154 cm³/mol. The van der Waals surface area contributed by atoms with Gasteiger partial charge in [-0.1, -0.05) is 31.1 Å². The molecule has 0 aromatic heterocycles. The smallest absolute Gasteiger partial charge is 0.303 e. The van der Waals surface area contributed by atoms with Crippen molar-refractivity contribution in [3.8, 4) is 5.75 Å². The first-order valence-electron chi connectivity index (χ1n) is 13.3. The quantitative estimate of drug-likeness (QED) is 0.230. The number of sulfone groups is 1. The number of hydrogen-bond acceptors (Lipinski definition) is 8. The lowest BCUT2D eigenvalue weighted by molar-refractivity contribution is -0.144. The molecule has 0 N–H and O–H groups in total. The minimum absolute atomic E-state index is 0.0480. The first-order valence-corrected chi connectivity index (χ1v) is 14.9. The van der Waals surface area contributed by atoms with Crippen LogP contribution in [0.3, 0.4) is 0 Å². The molecule has 8 nitrogen and oxygen atoms in total. The number of Topliss-reactive ketones (excluding diaryl/α,β-unsaturated/α-hetero) is 1. The number of rotatable bonds is 12. The van der Waals surface area contributed by atoms with E-state index >= 15 is 0 Å². The van der Waals surface area contributed by atoms with Gasteiger partial charge in [0.15, 0.2) is 15.6 Å². The number of hydrogen-bond donors (Lipinski definition) is 0. The molecule has 1 aliphatic carbocycles. The zero-order valence-corrected chi connectivity index (χ0v) is 25.6. The van der Waals surface area contributed by atoms with Crippen molar-refractivity contribution in [2.24, 2.45) is 5.41 Å². The molecule has 1 aromatic carbocycles. The van der Waals surface area contributed by atoms with Gasteiger partial charge in [-0.05, 0) is 80.5 Å². The first kappa shape index (κ1) is 33.0. The van der Waals surface area contributed by atoms with Gasteiger partial charge in [0.2, 0.25) is 0 Å². The number of methoxy groups -OCH3 is 1. The van der Waals surface area contributed by atoms with E-state index in [1.807, 2.05) is 20.8 Å². The van der Waals surface area contributed by atoms with Gasteiger partial charge in [0.1, 0.15) is 18.5 Å². The molecular formula is C31H42O8S. The summed E-state index contributed by atoms with van der Waals surface area (Å²) in [6.45, 7) is 12.0. The molecule has 0 saturated carbocycles. The van der Waals surface area contributed by atoms with Crippen LogP contribution in [0.5, 0.6) is 5.75 Å². The summed E-state index contributed by atoms with van der Waals surface area (Å²) < 4.78 is 44.2. The second-order valence-electron chi connectivity index (χ2n) is 11.0. The van der Waals surface area contributed by atoms with Crippen molar-refractivity contribution >= 4 is 27.6 Å². The van der Waals surface area contributed by atoms with Crippen LogP contribution in [0.2, 0.25) is 0 Å². The predicted octanol–water partition coefficient (Wildman–Crippen LogP) is 5.71. The molecule has 2 atom stereocenters. The maximum absolute atomic E-state index is 14.2. The number of carbonyl (C=O) groups excluding carboxylic acids is 3.